The van der Waals surface area contributed by atoms with Crippen molar-refractivity contribution < 1.29 is 8.83 Å². The van der Waals surface area contributed by atoms with Crippen molar-refractivity contribution in [3.63, 3.8) is 0 Å². The molecular formula is C17H20N2O2. The first-order valence-electron chi connectivity index (χ1n) is 7.43. The van der Waals surface area contributed by atoms with Gasteiger partial charge in [-0.05, 0) is 43.7 Å². The molecular weight excluding hydrogens is 264 g/mol. The van der Waals surface area contributed by atoms with Crippen LogP contribution in [0.1, 0.15) is 31.9 Å². The highest BCUT2D eigenvalue weighted by molar-refractivity contribution is 5.77. The number of benzene rings is 1. The van der Waals surface area contributed by atoms with E-state index in [1.54, 1.807) is 6.26 Å². The maximum absolute atomic E-state index is 5.62. The third-order valence-corrected chi connectivity index (χ3v) is 3.55. The van der Waals surface area contributed by atoms with Crippen LogP contribution in [0.2, 0.25) is 0 Å². The average molecular weight is 284 g/mol. The number of rotatable bonds is 6. The number of nitrogens with one attached hydrogen (secondary N) is 1. The molecule has 0 fully saturated rings. The summed E-state index contributed by atoms with van der Waals surface area (Å²) in [6.07, 6.45) is 4.49. The highest BCUT2D eigenvalue weighted by atomic mass is 16.3. The number of oxazole rings is 1. The van der Waals surface area contributed by atoms with Crippen LogP contribution in [0.25, 0.3) is 11.1 Å². The molecule has 0 saturated carbocycles. The van der Waals surface area contributed by atoms with Crippen LogP contribution in [0.5, 0.6) is 0 Å². The fourth-order valence-electron chi connectivity index (χ4n) is 2.39. The summed E-state index contributed by atoms with van der Waals surface area (Å²) in [5.41, 5.74) is 2.83. The molecule has 21 heavy (non-hydrogen) atoms. The lowest BCUT2D eigenvalue weighted by Gasteiger charge is -2.14. The second kappa shape index (κ2) is 6.04. The van der Waals surface area contributed by atoms with Gasteiger partial charge in [-0.25, -0.2) is 4.98 Å². The first kappa shape index (κ1) is 13.7. The van der Waals surface area contributed by atoms with Crippen LogP contribution in [0.3, 0.4) is 0 Å². The summed E-state index contributed by atoms with van der Waals surface area (Å²) in [7, 11) is 0. The molecule has 0 amide bonds. The number of fused-ring (bicyclic) bond motifs is 1. The average Bonchev–Trinajstić information content (AvgIpc) is 3.13. The molecule has 1 N–H and O–H groups in total. The Balaban J connectivity index is 1.63. The molecule has 1 atom stereocenters. The van der Waals surface area contributed by atoms with E-state index in [1.165, 1.54) is 0 Å². The molecule has 0 aliphatic heterocycles. The number of aryl methyl sites for hydroxylation is 2. The molecule has 3 aromatic rings. The molecule has 3 rings (SSSR count). The fourth-order valence-corrected chi connectivity index (χ4v) is 2.39. The minimum atomic E-state index is 0.366. The number of hydrogen-bond acceptors (Lipinski definition) is 4. The first-order valence-corrected chi connectivity index (χ1v) is 7.43. The van der Waals surface area contributed by atoms with E-state index in [0.29, 0.717) is 6.04 Å². The minimum Gasteiger partial charge on any atom is -0.469 e. The zero-order valence-corrected chi connectivity index (χ0v) is 12.4. The molecule has 0 radical (unpaired) electrons. The molecule has 110 valence electrons. The SMILES string of the molecule is CCc1nc2cc(NC(C)CCc3ccco3)ccc2o1. The number of furan rings is 1. The summed E-state index contributed by atoms with van der Waals surface area (Å²) in [6.45, 7) is 4.22. The highest BCUT2D eigenvalue weighted by Gasteiger charge is 2.08. The maximum Gasteiger partial charge on any atom is 0.195 e. The predicted molar refractivity (Wildman–Crippen MR) is 83.5 cm³/mol. The molecule has 2 heterocycles. The molecule has 0 bridgehead atoms. The number of anilines is 1. The summed E-state index contributed by atoms with van der Waals surface area (Å²) in [5, 5.41) is 3.50. The smallest absolute Gasteiger partial charge is 0.195 e. The molecule has 0 aliphatic rings. The Morgan fingerprint density at radius 1 is 1.29 bits per heavy atom. The molecule has 2 aromatic heterocycles. The van der Waals surface area contributed by atoms with Gasteiger partial charge in [-0.3, -0.25) is 0 Å². The van der Waals surface area contributed by atoms with E-state index in [2.05, 4.69) is 17.2 Å². The van der Waals surface area contributed by atoms with Crippen LogP contribution < -0.4 is 5.32 Å². The Hall–Kier alpha value is -2.23. The maximum atomic E-state index is 5.62. The van der Waals surface area contributed by atoms with Crippen LogP contribution in [0, 0.1) is 0 Å². The van der Waals surface area contributed by atoms with Crippen molar-refractivity contribution in [2.75, 3.05) is 5.32 Å². The third kappa shape index (κ3) is 3.27. The van der Waals surface area contributed by atoms with E-state index in [4.69, 9.17) is 8.83 Å². The van der Waals surface area contributed by atoms with E-state index in [0.717, 1.165) is 47.7 Å². The molecule has 1 unspecified atom stereocenters. The van der Waals surface area contributed by atoms with E-state index >= 15 is 0 Å². The summed E-state index contributed by atoms with van der Waals surface area (Å²) in [5.74, 6) is 1.82. The van der Waals surface area contributed by atoms with Gasteiger partial charge >= 0.3 is 0 Å². The van der Waals surface area contributed by atoms with E-state index < -0.39 is 0 Å². The standard InChI is InChI=1S/C17H20N2O2/c1-3-17-19-15-11-13(7-9-16(15)21-17)18-12(2)6-8-14-5-4-10-20-14/h4-5,7,9-12,18H,3,6,8H2,1-2H3. The van der Waals surface area contributed by atoms with Crippen molar-refractivity contribution >= 4 is 16.8 Å². The Morgan fingerprint density at radius 2 is 2.19 bits per heavy atom. The number of nitrogens with zero attached hydrogens (tertiary/aromatic N) is 1. The summed E-state index contributed by atoms with van der Waals surface area (Å²) < 4.78 is 11.0. The zero-order valence-electron chi connectivity index (χ0n) is 12.4. The number of hydrogen-bond donors (Lipinski definition) is 1. The van der Waals surface area contributed by atoms with Gasteiger partial charge in [0.2, 0.25) is 0 Å². The lowest BCUT2D eigenvalue weighted by atomic mass is 10.1. The van der Waals surface area contributed by atoms with Crippen LogP contribution in [-0.4, -0.2) is 11.0 Å². The van der Waals surface area contributed by atoms with Gasteiger partial charge in [0.25, 0.3) is 0 Å². The second-order valence-corrected chi connectivity index (χ2v) is 5.31. The lowest BCUT2D eigenvalue weighted by Crippen LogP contribution is -2.15. The monoisotopic (exact) mass is 284 g/mol. The van der Waals surface area contributed by atoms with Crippen LogP contribution in [-0.2, 0) is 12.8 Å². The summed E-state index contributed by atoms with van der Waals surface area (Å²) >= 11 is 0. The van der Waals surface area contributed by atoms with Gasteiger partial charge < -0.3 is 14.2 Å². The lowest BCUT2D eigenvalue weighted by molar-refractivity contribution is 0.495. The third-order valence-electron chi connectivity index (χ3n) is 3.55. The molecule has 1 aromatic carbocycles. The Kier molecular flexibility index (Phi) is 3.95. The zero-order chi connectivity index (χ0) is 14.7. The molecule has 4 nitrogen and oxygen atoms in total. The Labute approximate surface area is 124 Å². The van der Waals surface area contributed by atoms with Crippen LogP contribution in [0.15, 0.2) is 45.4 Å². The van der Waals surface area contributed by atoms with Crippen molar-refractivity contribution in [1.82, 2.24) is 4.98 Å². The van der Waals surface area contributed by atoms with Crippen molar-refractivity contribution in [3.8, 4) is 0 Å². The fraction of sp³-hybridized carbons (Fsp3) is 0.353. The van der Waals surface area contributed by atoms with Gasteiger partial charge in [-0.1, -0.05) is 6.92 Å². The predicted octanol–water partition coefficient (Wildman–Crippen LogP) is 4.42. The Morgan fingerprint density at radius 3 is 2.95 bits per heavy atom. The van der Waals surface area contributed by atoms with E-state index in [9.17, 15) is 0 Å². The summed E-state index contributed by atoms with van der Waals surface area (Å²) in [4.78, 5) is 4.46. The molecule has 0 saturated heterocycles. The highest BCUT2D eigenvalue weighted by Crippen LogP contribution is 2.21. The van der Waals surface area contributed by atoms with Crippen molar-refractivity contribution in [2.24, 2.45) is 0 Å². The largest absolute Gasteiger partial charge is 0.469 e. The minimum absolute atomic E-state index is 0.366. The molecule has 0 aliphatic carbocycles. The van der Waals surface area contributed by atoms with Crippen LogP contribution in [0.4, 0.5) is 5.69 Å². The van der Waals surface area contributed by atoms with E-state index in [-0.39, 0.29) is 0 Å². The molecule has 4 heteroatoms. The Bertz CT molecular complexity index is 701. The molecule has 0 spiro atoms. The van der Waals surface area contributed by atoms with Crippen LogP contribution >= 0.6 is 0 Å². The number of aromatic nitrogens is 1. The van der Waals surface area contributed by atoms with Crippen molar-refractivity contribution in [3.05, 3.63) is 48.2 Å². The van der Waals surface area contributed by atoms with Gasteiger partial charge in [0.1, 0.15) is 11.3 Å². The van der Waals surface area contributed by atoms with Gasteiger partial charge in [0, 0.05) is 24.6 Å². The normalized spacial score (nSPS) is 12.7. The van der Waals surface area contributed by atoms with Crippen molar-refractivity contribution in [1.29, 1.82) is 0 Å². The summed E-state index contributed by atoms with van der Waals surface area (Å²) in [6, 6.07) is 10.4. The van der Waals surface area contributed by atoms with Gasteiger partial charge in [-0.15, -0.1) is 0 Å². The van der Waals surface area contributed by atoms with Gasteiger partial charge in [-0.2, -0.15) is 0 Å². The second-order valence-electron chi connectivity index (χ2n) is 5.31. The van der Waals surface area contributed by atoms with Gasteiger partial charge in [0.15, 0.2) is 11.5 Å². The van der Waals surface area contributed by atoms with Gasteiger partial charge in [0.05, 0.1) is 6.26 Å². The first-order chi connectivity index (χ1) is 10.2. The van der Waals surface area contributed by atoms with E-state index in [1.807, 2.05) is 37.3 Å². The van der Waals surface area contributed by atoms with Crippen molar-refractivity contribution in [2.45, 2.75) is 39.2 Å². The topological polar surface area (TPSA) is 51.2 Å². The quantitative estimate of drug-likeness (QED) is 0.728.